The zero-order chi connectivity index (χ0) is 19.9. The summed E-state index contributed by atoms with van der Waals surface area (Å²) in [5, 5.41) is 5.21. The van der Waals surface area contributed by atoms with Crippen LogP contribution in [0.15, 0.2) is 48.5 Å². The molecule has 0 atom stereocenters. The van der Waals surface area contributed by atoms with Crippen molar-refractivity contribution in [2.24, 2.45) is 5.92 Å². The molecule has 1 saturated carbocycles. The van der Waals surface area contributed by atoms with Crippen LogP contribution in [0.5, 0.6) is 0 Å². The second kappa shape index (κ2) is 9.26. The summed E-state index contributed by atoms with van der Waals surface area (Å²) in [4.78, 5) is 24.4. The fourth-order valence-electron chi connectivity index (χ4n) is 3.26. The predicted octanol–water partition coefficient (Wildman–Crippen LogP) is 5.14. The number of amides is 2. The van der Waals surface area contributed by atoms with Crippen molar-refractivity contribution in [3.63, 3.8) is 0 Å². The molecule has 3 rings (SSSR count). The number of rotatable bonds is 5. The number of hydrogen-bond acceptors (Lipinski definition) is 2. The van der Waals surface area contributed by atoms with Crippen LogP contribution in [0.25, 0.3) is 6.08 Å². The second-order valence-corrected chi connectivity index (χ2v) is 6.86. The first-order chi connectivity index (χ1) is 13.5. The molecule has 0 unspecified atom stereocenters. The van der Waals surface area contributed by atoms with Gasteiger partial charge in [0, 0.05) is 23.2 Å². The normalized spacial score (nSPS) is 14.8. The summed E-state index contributed by atoms with van der Waals surface area (Å²) in [6, 6.07) is 10.1. The molecule has 0 aliphatic heterocycles. The maximum Gasteiger partial charge on any atom is 0.248 e. The van der Waals surface area contributed by atoms with E-state index in [0.29, 0.717) is 5.69 Å². The Kier molecular flexibility index (Phi) is 6.53. The van der Waals surface area contributed by atoms with E-state index in [0.717, 1.165) is 32.1 Å². The Morgan fingerprint density at radius 2 is 1.68 bits per heavy atom. The third kappa shape index (κ3) is 5.25. The van der Waals surface area contributed by atoms with Crippen molar-refractivity contribution in [1.29, 1.82) is 0 Å². The zero-order valence-electron chi connectivity index (χ0n) is 15.4. The smallest absolute Gasteiger partial charge is 0.248 e. The lowest BCUT2D eigenvalue weighted by Crippen LogP contribution is -2.25. The second-order valence-electron chi connectivity index (χ2n) is 6.86. The molecule has 0 heterocycles. The number of carbonyl (C=O) groups excluding carboxylic acids is 2. The van der Waals surface area contributed by atoms with Gasteiger partial charge in [-0.25, -0.2) is 8.78 Å². The molecule has 2 amide bonds. The predicted molar refractivity (Wildman–Crippen MR) is 106 cm³/mol. The summed E-state index contributed by atoms with van der Waals surface area (Å²) in [5.41, 5.74) is 0.659. The maximum absolute atomic E-state index is 14.1. The molecule has 0 aromatic heterocycles. The topological polar surface area (TPSA) is 58.2 Å². The Labute approximate surface area is 162 Å². The summed E-state index contributed by atoms with van der Waals surface area (Å²) in [6.45, 7) is 0. The van der Waals surface area contributed by atoms with E-state index in [1.807, 2.05) is 0 Å². The van der Waals surface area contributed by atoms with E-state index in [1.54, 1.807) is 18.2 Å². The molecule has 2 N–H and O–H groups in total. The lowest BCUT2D eigenvalue weighted by Gasteiger charge is -2.21. The van der Waals surface area contributed by atoms with E-state index < -0.39 is 17.5 Å². The number of anilines is 2. The van der Waals surface area contributed by atoms with Gasteiger partial charge in [0.15, 0.2) is 0 Å². The number of halogens is 2. The monoisotopic (exact) mass is 384 g/mol. The fraction of sp³-hybridized carbons (Fsp3) is 0.273. The van der Waals surface area contributed by atoms with Gasteiger partial charge in [-0.3, -0.25) is 9.59 Å². The summed E-state index contributed by atoms with van der Waals surface area (Å²) < 4.78 is 27.6. The van der Waals surface area contributed by atoms with Gasteiger partial charge >= 0.3 is 0 Å². The highest BCUT2D eigenvalue weighted by atomic mass is 19.1. The molecule has 1 aliphatic rings. The molecular weight excluding hydrogens is 362 g/mol. The van der Waals surface area contributed by atoms with E-state index in [2.05, 4.69) is 10.6 Å². The van der Waals surface area contributed by atoms with Crippen molar-refractivity contribution < 1.29 is 18.4 Å². The van der Waals surface area contributed by atoms with E-state index >= 15 is 0 Å². The van der Waals surface area contributed by atoms with Crippen molar-refractivity contribution in [3.05, 3.63) is 65.7 Å². The van der Waals surface area contributed by atoms with Gasteiger partial charge in [-0.05, 0) is 43.2 Å². The Morgan fingerprint density at radius 1 is 0.929 bits per heavy atom. The Morgan fingerprint density at radius 3 is 2.43 bits per heavy atom. The molecule has 28 heavy (non-hydrogen) atoms. The van der Waals surface area contributed by atoms with Gasteiger partial charge < -0.3 is 10.6 Å². The number of hydrogen-bond donors (Lipinski definition) is 2. The van der Waals surface area contributed by atoms with E-state index in [9.17, 15) is 18.4 Å². The molecule has 0 spiro atoms. The number of carbonyl (C=O) groups is 2. The van der Waals surface area contributed by atoms with Crippen LogP contribution in [0.2, 0.25) is 0 Å². The molecule has 2 aromatic rings. The Balaban J connectivity index is 1.64. The van der Waals surface area contributed by atoms with Crippen molar-refractivity contribution in [2.45, 2.75) is 32.1 Å². The summed E-state index contributed by atoms with van der Waals surface area (Å²) in [6.07, 6.45) is 7.31. The highest BCUT2D eigenvalue weighted by Gasteiger charge is 2.22. The molecule has 1 fully saturated rings. The van der Waals surface area contributed by atoms with Crippen LogP contribution >= 0.6 is 0 Å². The van der Waals surface area contributed by atoms with Crippen LogP contribution in [0.3, 0.4) is 0 Å². The third-order valence-electron chi connectivity index (χ3n) is 4.79. The number of benzene rings is 2. The first kappa shape index (κ1) is 19.7. The first-order valence-electron chi connectivity index (χ1n) is 9.37. The lowest BCUT2D eigenvalue weighted by atomic mass is 9.88. The van der Waals surface area contributed by atoms with Crippen LogP contribution in [0.4, 0.5) is 20.2 Å². The highest BCUT2D eigenvalue weighted by Crippen LogP contribution is 2.26. The van der Waals surface area contributed by atoms with Crippen LogP contribution in [0.1, 0.15) is 37.7 Å². The first-order valence-corrected chi connectivity index (χ1v) is 9.37. The third-order valence-corrected chi connectivity index (χ3v) is 4.79. The standard InChI is InChI=1S/C22H22F2N2O2/c23-18-9-5-4-6-15(18)10-13-21(27)25-17-11-12-19(24)20(14-17)26-22(28)16-7-2-1-3-8-16/h4-6,9-14,16H,1-3,7-8H2,(H,25,27)(H,26,28)/b13-10+. The summed E-state index contributed by atoms with van der Waals surface area (Å²) in [5.74, 6) is -1.78. The molecule has 0 saturated heterocycles. The van der Waals surface area contributed by atoms with Crippen LogP contribution in [-0.2, 0) is 9.59 Å². The molecule has 0 bridgehead atoms. The average molecular weight is 384 g/mol. The molecule has 146 valence electrons. The van der Waals surface area contributed by atoms with Gasteiger partial charge in [0.05, 0.1) is 5.69 Å². The van der Waals surface area contributed by atoms with Gasteiger partial charge in [0.1, 0.15) is 11.6 Å². The molecule has 6 heteroatoms. The van der Waals surface area contributed by atoms with Crippen LogP contribution in [0, 0.1) is 17.6 Å². The maximum atomic E-state index is 14.1. The van der Waals surface area contributed by atoms with Gasteiger partial charge in [-0.15, -0.1) is 0 Å². The SMILES string of the molecule is O=C(/C=C/c1ccccc1F)Nc1ccc(F)c(NC(=O)C2CCCCC2)c1. The molecule has 1 aliphatic carbocycles. The van der Waals surface area contributed by atoms with Crippen molar-refractivity contribution in [3.8, 4) is 0 Å². The molecular formula is C22H22F2N2O2. The van der Waals surface area contributed by atoms with Crippen molar-refractivity contribution >= 4 is 29.3 Å². The molecule has 4 nitrogen and oxygen atoms in total. The Hall–Kier alpha value is -3.02. The van der Waals surface area contributed by atoms with E-state index in [1.165, 1.54) is 36.4 Å². The fourth-order valence-corrected chi connectivity index (χ4v) is 3.26. The summed E-state index contributed by atoms with van der Waals surface area (Å²) >= 11 is 0. The minimum absolute atomic E-state index is 0.0338. The average Bonchev–Trinajstić information content (AvgIpc) is 2.70. The zero-order valence-corrected chi connectivity index (χ0v) is 15.4. The minimum Gasteiger partial charge on any atom is -0.323 e. The van der Waals surface area contributed by atoms with E-state index in [-0.39, 0.29) is 23.1 Å². The number of nitrogens with one attached hydrogen (secondary N) is 2. The summed E-state index contributed by atoms with van der Waals surface area (Å²) in [7, 11) is 0. The van der Waals surface area contributed by atoms with Gasteiger partial charge in [-0.2, -0.15) is 0 Å². The molecule has 0 radical (unpaired) electrons. The largest absolute Gasteiger partial charge is 0.323 e. The Bertz CT molecular complexity index is 890. The highest BCUT2D eigenvalue weighted by molar-refractivity contribution is 6.02. The van der Waals surface area contributed by atoms with Crippen molar-refractivity contribution in [2.75, 3.05) is 10.6 Å². The van der Waals surface area contributed by atoms with Gasteiger partial charge in [0.25, 0.3) is 0 Å². The van der Waals surface area contributed by atoms with E-state index in [4.69, 9.17) is 0 Å². The van der Waals surface area contributed by atoms with Crippen LogP contribution < -0.4 is 10.6 Å². The van der Waals surface area contributed by atoms with Gasteiger partial charge in [-0.1, -0.05) is 37.5 Å². The molecule has 2 aromatic carbocycles. The van der Waals surface area contributed by atoms with Gasteiger partial charge in [0.2, 0.25) is 11.8 Å². The minimum atomic E-state index is -0.566. The van der Waals surface area contributed by atoms with Crippen LogP contribution in [-0.4, -0.2) is 11.8 Å². The lowest BCUT2D eigenvalue weighted by molar-refractivity contribution is -0.120. The quantitative estimate of drug-likeness (QED) is 0.702. The van der Waals surface area contributed by atoms with Crippen molar-refractivity contribution in [1.82, 2.24) is 0 Å².